The van der Waals surface area contributed by atoms with Crippen LogP contribution in [0.15, 0.2) is 78.9 Å². The normalized spacial score (nSPS) is 11.8. The minimum Gasteiger partial charge on any atom is -0.497 e. The molecule has 0 saturated heterocycles. The van der Waals surface area contributed by atoms with Gasteiger partial charge in [0.1, 0.15) is 5.75 Å². The van der Waals surface area contributed by atoms with Crippen molar-refractivity contribution in [2.24, 2.45) is 5.92 Å². The van der Waals surface area contributed by atoms with E-state index in [1.165, 1.54) is 16.7 Å². The second kappa shape index (κ2) is 9.93. The van der Waals surface area contributed by atoms with Crippen molar-refractivity contribution in [3.05, 3.63) is 95.6 Å². The molecule has 0 aromatic heterocycles. The lowest BCUT2D eigenvalue weighted by Gasteiger charge is -2.17. The topological polar surface area (TPSA) is 38.3 Å². The Bertz CT molecular complexity index is 1000. The van der Waals surface area contributed by atoms with Crippen LogP contribution in [0.3, 0.4) is 0 Å². The number of hydrogen-bond acceptors (Lipinski definition) is 2. The summed E-state index contributed by atoms with van der Waals surface area (Å²) in [6.45, 7) is 5.96. The summed E-state index contributed by atoms with van der Waals surface area (Å²) in [5.41, 5.74) is 6.74. The van der Waals surface area contributed by atoms with E-state index < -0.39 is 0 Å². The number of ether oxygens (including phenoxy) is 1. The molecule has 3 aromatic carbocycles. The van der Waals surface area contributed by atoms with Crippen LogP contribution in [0.2, 0.25) is 0 Å². The van der Waals surface area contributed by atoms with Gasteiger partial charge in [0, 0.05) is 11.6 Å². The molecule has 0 unspecified atom stereocenters. The Morgan fingerprint density at radius 2 is 1.40 bits per heavy atom. The van der Waals surface area contributed by atoms with Crippen molar-refractivity contribution in [1.29, 1.82) is 0 Å². The highest BCUT2D eigenvalue weighted by atomic mass is 16.5. The molecule has 0 saturated carbocycles. The quantitative estimate of drug-likeness (QED) is 0.451. The molecule has 1 amide bonds. The standard InChI is InChI=1S/C27H29NO2/c1-5-25(20-9-7-6-8-10-20)26(22-13-17-24(30-4)18-14-22)21-11-15-23(16-12-21)28-27(29)19(2)3/h6-19H,5H2,1-4H3,(H,28,29)/b26-25-. The van der Waals surface area contributed by atoms with Gasteiger partial charge in [0.2, 0.25) is 5.91 Å². The summed E-state index contributed by atoms with van der Waals surface area (Å²) >= 11 is 0. The Morgan fingerprint density at radius 3 is 1.90 bits per heavy atom. The van der Waals surface area contributed by atoms with Crippen LogP contribution in [-0.2, 0) is 4.79 Å². The van der Waals surface area contributed by atoms with Gasteiger partial charge in [-0.1, -0.05) is 75.4 Å². The Hall–Kier alpha value is -3.33. The van der Waals surface area contributed by atoms with Gasteiger partial charge in [0.25, 0.3) is 0 Å². The molecule has 0 spiro atoms. The highest BCUT2D eigenvalue weighted by molar-refractivity contribution is 5.99. The van der Waals surface area contributed by atoms with Crippen LogP contribution in [0.1, 0.15) is 43.9 Å². The van der Waals surface area contributed by atoms with E-state index in [-0.39, 0.29) is 11.8 Å². The van der Waals surface area contributed by atoms with E-state index in [9.17, 15) is 4.79 Å². The number of carbonyl (C=O) groups is 1. The van der Waals surface area contributed by atoms with E-state index in [1.807, 2.05) is 44.2 Å². The molecule has 0 heterocycles. The second-order valence-corrected chi connectivity index (χ2v) is 7.52. The third kappa shape index (κ3) is 4.98. The second-order valence-electron chi connectivity index (χ2n) is 7.52. The van der Waals surface area contributed by atoms with Gasteiger partial charge in [-0.3, -0.25) is 4.79 Å². The van der Waals surface area contributed by atoms with Gasteiger partial charge in [-0.2, -0.15) is 0 Å². The lowest BCUT2D eigenvalue weighted by atomic mass is 9.88. The summed E-state index contributed by atoms with van der Waals surface area (Å²) in [4.78, 5) is 12.0. The molecule has 0 atom stereocenters. The van der Waals surface area contributed by atoms with Crippen molar-refractivity contribution < 1.29 is 9.53 Å². The fraction of sp³-hybridized carbons (Fsp3) is 0.222. The van der Waals surface area contributed by atoms with Crippen LogP contribution in [0, 0.1) is 5.92 Å². The molecule has 0 aliphatic heterocycles. The van der Waals surface area contributed by atoms with Crippen molar-refractivity contribution in [2.45, 2.75) is 27.2 Å². The van der Waals surface area contributed by atoms with Gasteiger partial charge < -0.3 is 10.1 Å². The number of nitrogens with one attached hydrogen (secondary N) is 1. The predicted molar refractivity (Wildman–Crippen MR) is 126 cm³/mol. The van der Waals surface area contributed by atoms with Gasteiger partial charge in [-0.15, -0.1) is 0 Å². The molecular formula is C27H29NO2. The molecule has 1 N–H and O–H groups in total. The van der Waals surface area contributed by atoms with E-state index >= 15 is 0 Å². The molecule has 30 heavy (non-hydrogen) atoms. The molecule has 3 heteroatoms. The lowest BCUT2D eigenvalue weighted by Crippen LogP contribution is -2.17. The van der Waals surface area contributed by atoms with Gasteiger partial charge >= 0.3 is 0 Å². The number of carbonyl (C=O) groups excluding carboxylic acids is 1. The average molecular weight is 400 g/mol. The minimum atomic E-state index is -0.0517. The number of hydrogen-bond donors (Lipinski definition) is 1. The zero-order valence-corrected chi connectivity index (χ0v) is 18.1. The summed E-state index contributed by atoms with van der Waals surface area (Å²) in [5, 5.41) is 2.97. The van der Waals surface area contributed by atoms with E-state index in [0.717, 1.165) is 29.0 Å². The first kappa shape index (κ1) is 21.4. The first-order valence-corrected chi connectivity index (χ1v) is 10.4. The monoisotopic (exact) mass is 399 g/mol. The van der Waals surface area contributed by atoms with Crippen molar-refractivity contribution in [2.75, 3.05) is 12.4 Å². The van der Waals surface area contributed by atoms with Crippen LogP contribution < -0.4 is 10.1 Å². The Labute approximate surface area is 179 Å². The van der Waals surface area contributed by atoms with E-state index in [1.54, 1.807) is 7.11 Å². The van der Waals surface area contributed by atoms with Crippen molar-refractivity contribution in [3.8, 4) is 5.75 Å². The van der Waals surface area contributed by atoms with Crippen molar-refractivity contribution in [1.82, 2.24) is 0 Å². The maximum absolute atomic E-state index is 12.0. The number of allylic oxidation sites excluding steroid dienone is 1. The number of methoxy groups -OCH3 is 1. The largest absolute Gasteiger partial charge is 0.497 e. The lowest BCUT2D eigenvalue weighted by molar-refractivity contribution is -0.118. The SMILES string of the molecule is CC/C(=C(\c1ccc(NC(=O)C(C)C)cc1)c1ccc(OC)cc1)c1ccccc1. The summed E-state index contributed by atoms with van der Waals surface area (Å²) < 4.78 is 5.34. The van der Waals surface area contributed by atoms with Crippen molar-refractivity contribution >= 4 is 22.7 Å². The summed E-state index contributed by atoms with van der Waals surface area (Å²) in [5.74, 6) is 0.805. The van der Waals surface area contributed by atoms with Crippen LogP contribution in [0.5, 0.6) is 5.75 Å². The molecule has 3 rings (SSSR count). The third-order valence-electron chi connectivity index (χ3n) is 5.12. The maximum atomic E-state index is 12.0. The Morgan fingerprint density at radius 1 is 0.833 bits per heavy atom. The van der Waals surface area contributed by atoms with Crippen LogP contribution in [0.25, 0.3) is 11.1 Å². The summed E-state index contributed by atoms with van der Waals surface area (Å²) in [6.07, 6.45) is 0.900. The molecule has 154 valence electrons. The van der Waals surface area contributed by atoms with Crippen LogP contribution in [0.4, 0.5) is 5.69 Å². The van der Waals surface area contributed by atoms with Crippen molar-refractivity contribution in [3.63, 3.8) is 0 Å². The Kier molecular flexibility index (Phi) is 7.08. The zero-order chi connectivity index (χ0) is 21.5. The van der Waals surface area contributed by atoms with E-state index in [0.29, 0.717) is 0 Å². The number of rotatable bonds is 7. The first-order valence-electron chi connectivity index (χ1n) is 10.4. The van der Waals surface area contributed by atoms with Crippen LogP contribution in [-0.4, -0.2) is 13.0 Å². The van der Waals surface area contributed by atoms with Gasteiger partial charge in [-0.25, -0.2) is 0 Å². The zero-order valence-electron chi connectivity index (χ0n) is 18.1. The molecule has 0 aliphatic rings. The highest BCUT2D eigenvalue weighted by Gasteiger charge is 2.14. The van der Waals surface area contributed by atoms with Crippen LogP contribution >= 0.6 is 0 Å². The predicted octanol–water partition coefficient (Wildman–Crippen LogP) is 6.66. The fourth-order valence-corrected chi connectivity index (χ4v) is 3.44. The maximum Gasteiger partial charge on any atom is 0.226 e. The molecule has 0 radical (unpaired) electrons. The van der Waals surface area contributed by atoms with Gasteiger partial charge in [0.05, 0.1) is 7.11 Å². The molecule has 0 fully saturated rings. The highest BCUT2D eigenvalue weighted by Crippen LogP contribution is 2.35. The third-order valence-corrected chi connectivity index (χ3v) is 5.12. The average Bonchev–Trinajstić information content (AvgIpc) is 2.78. The van der Waals surface area contributed by atoms with Gasteiger partial charge in [-0.05, 0) is 58.5 Å². The molecule has 0 aliphatic carbocycles. The summed E-state index contributed by atoms with van der Waals surface area (Å²) in [7, 11) is 1.68. The fourth-order valence-electron chi connectivity index (χ4n) is 3.44. The Balaban J connectivity index is 2.09. The number of anilines is 1. The first-order chi connectivity index (χ1) is 14.5. The smallest absolute Gasteiger partial charge is 0.226 e. The van der Waals surface area contributed by atoms with E-state index in [4.69, 9.17) is 4.74 Å². The number of benzene rings is 3. The number of amides is 1. The molecule has 3 nitrogen and oxygen atoms in total. The summed E-state index contributed by atoms with van der Waals surface area (Å²) in [6, 6.07) is 26.8. The molecule has 0 bridgehead atoms. The minimum absolute atomic E-state index is 0.0206. The van der Waals surface area contributed by atoms with E-state index in [2.05, 4.69) is 60.8 Å². The molecule has 3 aromatic rings. The van der Waals surface area contributed by atoms with Gasteiger partial charge in [0.15, 0.2) is 0 Å². The molecular weight excluding hydrogens is 370 g/mol.